The minimum Gasteiger partial charge on any atom is -0.492 e. The maximum absolute atomic E-state index is 13.1. The molecule has 1 saturated heterocycles. The van der Waals surface area contributed by atoms with Gasteiger partial charge in [-0.1, -0.05) is 30.1 Å². The Morgan fingerprint density at radius 1 is 1.06 bits per heavy atom. The van der Waals surface area contributed by atoms with Gasteiger partial charge >= 0.3 is 0 Å². The number of sulfonamides is 1. The molecule has 0 radical (unpaired) electrons. The van der Waals surface area contributed by atoms with Crippen molar-refractivity contribution >= 4 is 39.1 Å². The number of likely N-dealkylation sites (N-methyl/N-ethyl adjacent to an activating group) is 2. The molecule has 0 N–H and O–H groups in total. The highest BCUT2D eigenvalue weighted by Gasteiger charge is 2.29. The van der Waals surface area contributed by atoms with Crippen molar-refractivity contribution < 1.29 is 17.9 Å². The van der Waals surface area contributed by atoms with E-state index in [0.29, 0.717) is 43.5 Å². The van der Waals surface area contributed by atoms with E-state index in [1.807, 2.05) is 0 Å². The topological polar surface area (TPSA) is 70.2 Å². The van der Waals surface area contributed by atoms with Crippen LogP contribution in [0.3, 0.4) is 0 Å². The van der Waals surface area contributed by atoms with Gasteiger partial charge in [-0.05, 0) is 49.0 Å². The Bertz CT molecular complexity index is 1040. The van der Waals surface area contributed by atoms with Gasteiger partial charge in [0, 0.05) is 38.2 Å². The van der Waals surface area contributed by atoms with E-state index >= 15 is 0 Å². The first-order valence-corrected chi connectivity index (χ1v) is 12.6. The number of carbonyl (C=O) groups excluding carboxylic acids is 1. The molecule has 1 heterocycles. The van der Waals surface area contributed by atoms with Gasteiger partial charge in [0.05, 0.1) is 22.0 Å². The van der Waals surface area contributed by atoms with Gasteiger partial charge in [-0.3, -0.25) is 4.79 Å². The van der Waals surface area contributed by atoms with Crippen LogP contribution in [0, 0.1) is 0 Å². The minimum absolute atomic E-state index is 0.0704. The van der Waals surface area contributed by atoms with Crippen LogP contribution in [0.1, 0.15) is 17.3 Å². The van der Waals surface area contributed by atoms with Gasteiger partial charge in [-0.2, -0.15) is 4.31 Å². The summed E-state index contributed by atoms with van der Waals surface area (Å²) in [5, 5.41) is 0.816. The van der Waals surface area contributed by atoms with Crippen molar-refractivity contribution in [3.63, 3.8) is 0 Å². The fourth-order valence-corrected chi connectivity index (χ4v) is 5.18. The van der Waals surface area contributed by atoms with Gasteiger partial charge in [0.2, 0.25) is 10.0 Å². The van der Waals surface area contributed by atoms with E-state index in [1.165, 1.54) is 27.4 Å². The minimum atomic E-state index is -3.71. The van der Waals surface area contributed by atoms with Gasteiger partial charge in [0.15, 0.2) is 0 Å². The number of rotatable bonds is 8. The first-order valence-electron chi connectivity index (χ1n) is 10.4. The lowest BCUT2D eigenvalue weighted by Crippen LogP contribution is -2.48. The molecule has 1 aliphatic heterocycles. The molecule has 1 amide bonds. The molecule has 0 spiro atoms. The highest BCUT2D eigenvalue weighted by Crippen LogP contribution is 2.25. The molecule has 1 aliphatic rings. The van der Waals surface area contributed by atoms with Crippen LogP contribution in [-0.2, 0) is 10.0 Å². The van der Waals surface area contributed by atoms with Crippen molar-refractivity contribution in [1.29, 1.82) is 0 Å². The maximum atomic E-state index is 13.1. The SMILES string of the molecule is CCN1CCN(S(=O)(=O)c2ccc(Cl)c(C(=O)N(C)CCOc3ccc(Cl)cc3)c2)CC1. The van der Waals surface area contributed by atoms with Crippen molar-refractivity contribution in [2.75, 3.05) is 52.9 Å². The number of halogens is 2. The summed E-state index contributed by atoms with van der Waals surface area (Å²) < 4.78 is 33.3. The number of nitrogens with zero attached hydrogens (tertiary/aromatic N) is 3. The highest BCUT2D eigenvalue weighted by molar-refractivity contribution is 7.89. The number of hydrogen-bond donors (Lipinski definition) is 0. The van der Waals surface area contributed by atoms with Gasteiger partial charge in [-0.25, -0.2) is 8.42 Å². The molecule has 3 rings (SSSR count). The zero-order valence-corrected chi connectivity index (χ0v) is 20.5. The number of carbonyl (C=O) groups is 1. The van der Waals surface area contributed by atoms with E-state index in [9.17, 15) is 13.2 Å². The molecule has 0 atom stereocenters. The van der Waals surface area contributed by atoms with Gasteiger partial charge in [0.1, 0.15) is 12.4 Å². The van der Waals surface area contributed by atoms with E-state index in [1.54, 1.807) is 31.3 Å². The van der Waals surface area contributed by atoms with Crippen molar-refractivity contribution in [1.82, 2.24) is 14.1 Å². The van der Waals surface area contributed by atoms with Gasteiger partial charge in [0.25, 0.3) is 5.91 Å². The van der Waals surface area contributed by atoms with E-state index < -0.39 is 10.0 Å². The Kier molecular flexibility index (Phi) is 8.41. The monoisotopic (exact) mass is 499 g/mol. The first-order chi connectivity index (χ1) is 15.2. The summed E-state index contributed by atoms with van der Waals surface area (Å²) in [6.07, 6.45) is 0. The third-order valence-corrected chi connectivity index (χ3v) is 7.92. The van der Waals surface area contributed by atoms with Crippen LogP contribution in [-0.4, -0.2) is 81.4 Å². The Morgan fingerprint density at radius 3 is 2.34 bits per heavy atom. The van der Waals surface area contributed by atoms with Gasteiger partial charge < -0.3 is 14.5 Å². The third-order valence-electron chi connectivity index (χ3n) is 5.44. The lowest BCUT2D eigenvalue weighted by atomic mass is 10.2. The quantitative estimate of drug-likeness (QED) is 0.555. The zero-order valence-electron chi connectivity index (χ0n) is 18.1. The summed E-state index contributed by atoms with van der Waals surface area (Å²) in [6.45, 7) is 5.72. The molecule has 7 nitrogen and oxygen atoms in total. The first kappa shape index (κ1) is 24.8. The number of ether oxygens (including phenoxy) is 1. The molecule has 32 heavy (non-hydrogen) atoms. The van der Waals surface area contributed by atoms with E-state index in [4.69, 9.17) is 27.9 Å². The Balaban J connectivity index is 1.67. The lowest BCUT2D eigenvalue weighted by molar-refractivity contribution is 0.0773. The van der Waals surface area contributed by atoms with Crippen LogP contribution in [0.15, 0.2) is 47.4 Å². The summed E-state index contributed by atoms with van der Waals surface area (Å²) in [4.78, 5) is 16.7. The predicted octanol–water partition coefficient (Wildman–Crippen LogP) is 3.47. The Hall–Kier alpha value is -1.84. The lowest BCUT2D eigenvalue weighted by Gasteiger charge is -2.33. The van der Waals surface area contributed by atoms with Crippen LogP contribution in [0.4, 0.5) is 0 Å². The molecule has 0 bridgehead atoms. The molecule has 174 valence electrons. The normalized spacial score (nSPS) is 15.5. The fraction of sp³-hybridized carbons (Fsp3) is 0.409. The van der Waals surface area contributed by atoms with E-state index in [2.05, 4.69) is 11.8 Å². The summed E-state index contributed by atoms with van der Waals surface area (Å²) in [5.74, 6) is 0.270. The Labute approximate surface area is 199 Å². The number of piperazine rings is 1. The second kappa shape index (κ2) is 10.9. The molecule has 2 aromatic carbocycles. The summed E-state index contributed by atoms with van der Waals surface area (Å²) in [7, 11) is -2.09. The number of amides is 1. The standard InChI is InChI=1S/C22H27Cl2N3O4S/c1-3-26-10-12-27(13-11-26)32(29,30)19-8-9-21(24)20(16-19)22(28)25(2)14-15-31-18-6-4-17(23)5-7-18/h4-9,16H,3,10-15H2,1-2H3. The van der Waals surface area contributed by atoms with Crippen molar-refractivity contribution in [2.24, 2.45) is 0 Å². The van der Waals surface area contributed by atoms with Crippen LogP contribution in [0.5, 0.6) is 5.75 Å². The molecular formula is C22H27Cl2N3O4S. The highest BCUT2D eigenvalue weighted by atomic mass is 35.5. The number of hydrogen-bond acceptors (Lipinski definition) is 5. The Morgan fingerprint density at radius 2 is 1.72 bits per heavy atom. The average Bonchev–Trinajstić information content (AvgIpc) is 2.80. The average molecular weight is 500 g/mol. The largest absolute Gasteiger partial charge is 0.492 e. The molecule has 0 aliphatic carbocycles. The van der Waals surface area contributed by atoms with Crippen LogP contribution >= 0.6 is 23.2 Å². The summed E-state index contributed by atoms with van der Waals surface area (Å²) >= 11 is 12.1. The van der Waals surface area contributed by atoms with Crippen LogP contribution in [0.2, 0.25) is 10.0 Å². The van der Waals surface area contributed by atoms with Crippen molar-refractivity contribution in [3.8, 4) is 5.75 Å². The third kappa shape index (κ3) is 5.94. The smallest absolute Gasteiger partial charge is 0.255 e. The van der Waals surface area contributed by atoms with Gasteiger partial charge in [-0.15, -0.1) is 0 Å². The summed E-state index contributed by atoms with van der Waals surface area (Å²) in [5.41, 5.74) is 0.147. The van der Waals surface area contributed by atoms with Crippen molar-refractivity contribution in [2.45, 2.75) is 11.8 Å². The molecule has 0 saturated carbocycles. The molecule has 2 aromatic rings. The second-order valence-electron chi connectivity index (χ2n) is 7.51. The van der Waals surface area contributed by atoms with Crippen LogP contribution < -0.4 is 4.74 Å². The molecular weight excluding hydrogens is 473 g/mol. The zero-order chi connectivity index (χ0) is 23.3. The van der Waals surface area contributed by atoms with Crippen molar-refractivity contribution in [3.05, 3.63) is 58.1 Å². The second-order valence-corrected chi connectivity index (χ2v) is 10.3. The van der Waals surface area contributed by atoms with Crippen LogP contribution in [0.25, 0.3) is 0 Å². The molecule has 0 aromatic heterocycles. The fourth-order valence-electron chi connectivity index (χ4n) is 3.40. The van der Waals surface area contributed by atoms with E-state index in [-0.39, 0.29) is 28.0 Å². The molecule has 1 fully saturated rings. The predicted molar refractivity (Wildman–Crippen MR) is 126 cm³/mol. The molecule has 0 unspecified atom stereocenters. The van der Waals surface area contributed by atoms with E-state index in [0.717, 1.165) is 6.54 Å². The maximum Gasteiger partial charge on any atom is 0.255 e. The summed E-state index contributed by atoms with van der Waals surface area (Å²) in [6, 6.07) is 11.2. The number of benzene rings is 2. The molecule has 10 heteroatoms.